The Balaban J connectivity index is 2.71. The molecule has 4 nitrogen and oxygen atoms in total. The van der Waals surface area contributed by atoms with Crippen LogP contribution in [-0.2, 0) is 4.79 Å². The van der Waals surface area contributed by atoms with Crippen LogP contribution in [0.15, 0.2) is 28.7 Å². The molecule has 0 aliphatic rings. The van der Waals surface area contributed by atoms with Gasteiger partial charge in [-0.2, -0.15) is 0 Å². The van der Waals surface area contributed by atoms with Crippen molar-refractivity contribution in [3.05, 3.63) is 28.7 Å². The second-order valence-electron chi connectivity index (χ2n) is 3.61. The predicted octanol–water partition coefficient (Wildman–Crippen LogP) is 1.60. The van der Waals surface area contributed by atoms with E-state index in [-0.39, 0.29) is 0 Å². The number of nitrogens with two attached hydrogens (primary N) is 1. The zero-order valence-electron chi connectivity index (χ0n) is 8.58. The van der Waals surface area contributed by atoms with Crippen molar-refractivity contribution < 1.29 is 9.53 Å². The number of hydrogen-bond donors (Lipinski definition) is 2. The fraction of sp³-hybridized carbons (Fsp3) is 0.300. The van der Waals surface area contributed by atoms with Crippen LogP contribution in [0, 0.1) is 0 Å². The largest absolute Gasteiger partial charge is 0.425 e. The van der Waals surface area contributed by atoms with Crippen LogP contribution in [0.25, 0.3) is 0 Å². The molecule has 0 atom stereocenters. The van der Waals surface area contributed by atoms with E-state index >= 15 is 0 Å². The highest BCUT2D eigenvalue weighted by Gasteiger charge is 2.28. The predicted molar refractivity (Wildman–Crippen MR) is 61.2 cm³/mol. The Morgan fingerprint density at radius 2 is 1.93 bits per heavy atom. The first kappa shape index (κ1) is 12.2. The lowest BCUT2D eigenvalue weighted by Gasteiger charge is -2.20. The number of rotatable bonds is 3. The lowest BCUT2D eigenvalue weighted by Crippen LogP contribution is -2.52. The molecule has 0 fully saturated rings. The first-order valence-corrected chi connectivity index (χ1v) is 5.20. The van der Waals surface area contributed by atoms with Gasteiger partial charge >= 0.3 is 5.97 Å². The van der Waals surface area contributed by atoms with Gasteiger partial charge in [0, 0.05) is 4.47 Å². The van der Waals surface area contributed by atoms with Crippen molar-refractivity contribution in [1.82, 2.24) is 5.43 Å². The molecule has 1 aromatic rings. The van der Waals surface area contributed by atoms with Crippen molar-refractivity contribution >= 4 is 21.9 Å². The third-order valence-corrected chi connectivity index (χ3v) is 2.42. The van der Waals surface area contributed by atoms with Crippen LogP contribution >= 0.6 is 15.9 Å². The van der Waals surface area contributed by atoms with Gasteiger partial charge in [0.05, 0.1) is 0 Å². The molecule has 0 saturated carbocycles. The molecule has 0 aromatic heterocycles. The van der Waals surface area contributed by atoms with Gasteiger partial charge < -0.3 is 4.74 Å². The fourth-order valence-electron chi connectivity index (χ4n) is 0.796. The molecule has 0 aliphatic carbocycles. The number of benzene rings is 1. The Morgan fingerprint density at radius 1 is 1.40 bits per heavy atom. The van der Waals surface area contributed by atoms with Gasteiger partial charge in [-0.05, 0) is 38.1 Å². The SMILES string of the molecule is CC(C)(NN)C(=O)Oc1ccc(Br)cc1. The van der Waals surface area contributed by atoms with Crippen LogP contribution in [-0.4, -0.2) is 11.5 Å². The van der Waals surface area contributed by atoms with Crippen molar-refractivity contribution in [1.29, 1.82) is 0 Å². The number of carbonyl (C=O) groups excluding carboxylic acids is 1. The average molecular weight is 273 g/mol. The number of carbonyl (C=O) groups is 1. The molecule has 0 radical (unpaired) electrons. The summed E-state index contributed by atoms with van der Waals surface area (Å²) in [7, 11) is 0. The molecular formula is C10H13BrN2O2. The average Bonchev–Trinajstić information content (AvgIpc) is 2.21. The van der Waals surface area contributed by atoms with Gasteiger partial charge in [0.1, 0.15) is 11.3 Å². The Morgan fingerprint density at radius 3 is 2.40 bits per heavy atom. The molecule has 0 saturated heterocycles. The summed E-state index contributed by atoms with van der Waals surface area (Å²) < 4.78 is 6.05. The summed E-state index contributed by atoms with van der Waals surface area (Å²) in [6.45, 7) is 3.29. The topological polar surface area (TPSA) is 64.3 Å². The maximum Gasteiger partial charge on any atom is 0.332 e. The van der Waals surface area contributed by atoms with Gasteiger partial charge in [-0.1, -0.05) is 15.9 Å². The first-order chi connectivity index (χ1) is 6.95. The molecule has 1 rings (SSSR count). The number of ether oxygens (including phenoxy) is 1. The lowest BCUT2D eigenvalue weighted by atomic mass is 10.1. The summed E-state index contributed by atoms with van der Waals surface area (Å²) in [6.07, 6.45) is 0. The number of nitrogens with one attached hydrogen (secondary N) is 1. The summed E-state index contributed by atoms with van der Waals surface area (Å²) in [4.78, 5) is 11.6. The molecule has 15 heavy (non-hydrogen) atoms. The van der Waals surface area contributed by atoms with E-state index in [9.17, 15) is 4.79 Å². The van der Waals surface area contributed by atoms with E-state index in [2.05, 4.69) is 21.4 Å². The second-order valence-corrected chi connectivity index (χ2v) is 4.53. The van der Waals surface area contributed by atoms with Gasteiger partial charge in [0.2, 0.25) is 0 Å². The Bertz CT molecular complexity index is 349. The quantitative estimate of drug-likeness (QED) is 0.380. The van der Waals surface area contributed by atoms with Crippen LogP contribution in [0.3, 0.4) is 0 Å². The van der Waals surface area contributed by atoms with Gasteiger partial charge in [0.25, 0.3) is 0 Å². The van der Waals surface area contributed by atoms with Gasteiger partial charge in [-0.15, -0.1) is 0 Å². The van der Waals surface area contributed by atoms with Gasteiger partial charge in [-0.3, -0.25) is 5.84 Å². The minimum atomic E-state index is -0.896. The molecule has 0 amide bonds. The lowest BCUT2D eigenvalue weighted by molar-refractivity contribution is -0.140. The van der Waals surface area contributed by atoms with E-state index in [4.69, 9.17) is 10.6 Å². The standard InChI is InChI=1S/C10H13BrN2O2/c1-10(2,13-12)9(14)15-8-5-3-7(11)4-6-8/h3-6,13H,12H2,1-2H3. The van der Waals surface area contributed by atoms with Gasteiger partial charge in [-0.25, -0.2) is 10.2 Å². The zero-order chi connectivity index (χ0) is 11.5. The molecule has 1 aromatic carbocycles. The monoisotopic (exact) mass is 272 g/mol. The molecule has 0 heterocycles. The van der Waals surface area contributed by atoms with Crippen molar-refractivity contribution in [3.8, 4) is 5.75 Å². The van der Waals surface area contributed by atoms with Crippen molar-refractivity contribution in [2.24, 2.45) is 5.84 Å². The van der Waals surface area contributed by atoms with E-state index in [1.165, 1.54) is 0 Å². The number of hydrogen-bond acceptors (Lipinski definition) is 4. The van der Waals surface area contributed by atoms with Crippen LogP contribution in [0.5, 0.6) is 5.75 Å². The van der Waals surface area contributed by atoms with E-state index in [0.717, 1.165) is 4.47 Å². The molecule has 0 unspecified atom stereocenters. The van der Waals surface area contributed by atoms with E-state index in [1.54, 1.807) is 38.1 Å². The molecule has 82 valence electrons. The van der Waals surface area contributed by atoms with E-state index < -0.39 is 11.5 Å². The fourth-order valence-corrected chi connectivity index (χ4v) is 1.06. The molecule has 5 heteroatoms. The highest BCUT2D eigenvalue weighted by atomic mass is 79.9. The summed E-state index contributed by atoms with van der Waals surface area (Å²) in [5, 5.41) is 0. The Hall–Kier alpha value is -0.910. The zero-order valence-corrected chi connectivity index (χ0v) is 10.2. The summed E-state index contributed by atoms with van der Waals surface area (Å²) in [5.74, 6) is 5.30. The van der Waals surface area contributed by atoms with Crippen LogP contribution in [0.2, 0.25) is 0 Å². The molecule has 0 spiro atoms. The van der Waals surface area contributed by atoms with Crippen LogP contribution < -0.4 is 16.0 Å². The normalized spacial score (nSPS) is 11.2. The molecule has 0 bridgehead atoms. The minimum absolute atomic E-state index is 0.424. The third-order valence-electron chi connectivity index (χ3n) is 1.90. The Labute approximate surface area is 96.9 Å². The smallest absolute Gasteiger partial charge is 0.332 e. The van der Waals surface area contributed by atoms with Gasteiger partial charge in [0.15, 0.2) is 0 Å². The summed E-state index contributed by atoms with van der Waals surface area (Å²) in [6, 6.07) is 7.00. The second kappa shape index (κ2) is 4.74. The van der Waals surface area contributed by atoms with E-state index in [0.29, 0.717) is 5.75 Å². The number of esters is 1. The third kappa shape index (κ3) is 3.30. The molecule has 0 aliphatic heterocycles. The van der Waals surface area contributed by atoms with Crippen molar-refractivity contribution in [2.45, 2.75) is 19.4 Å². The molecular weight excluding hydrogens is 260 g/mol. The first-order valence-electron chi connectivity index (χ1n) is 4.41. The number of halogens is 1. The van der Waals surface area contributed by atoms with E-state index in [1.807, 2.05) is 0 Å². The van der Waals surface area contributed by atoms with Crippen molar-refractivity contribution in [3.63, 3.8) is 0 Å². The van der Waals surface area contributed by atoms with Crippen LogP contribution in [0.1, 0.15) is 13.8 Å². The highest BCUT2D eigenvalue weighted by molar-refractivity contribution is 9.10. The molecule has 3 N–H and O–H groups in total. The van der Waals surface area contributed by atoms with Crippen LogP contribution in [0.4, 0.5) is 0 Å². The Kier molecular flexibility index (Phi) is 3.84. The van der Waals surface area contributed by atoms with Crippen molar-refractivity contribution in [2.75, 3.05) is 0 Å². The maximum absolute atomic E-state index is 11.6. The maximum atomic E-state index is 11.6. The highest BCUT2D eigenvalue weighted by Crippen LogP contribution is 2.17. The number of hydrazine groups is 1. The summed E-state index contributed by atoms with van der Waals surface area (Å²) >= 11 is 3.29. The minimum Gasteiger partial charge on any atom is -0.425 e. The summed E-state index contributed by atoms with van der Waals surface area (Å²) in [5.41, 5.74) is 1.49.